The first kappa shape index (κ1) is 18.8. The highest BCUT2D eigenvalue weighted by Crippen LogP contribution is 2.24. The van der Waals surface area contributed by atoms with Crippen molar-refractivity contribution < 1.29 is 14.6 Å². The smallest absolute Gasteiger partial charge is 0.128 e. The first-order valence-electron chi connectivity index (χ1n) is 8.95. The van der Waals surface area contributed by atoms with Crippen LogP contribution < -0.4 is 9.47 Å². The van der Waals surface area contributed by atoms with Gasteiger partial charge >= 0.3 is 0 Å². The summed E-state index contributed by atoms with van der Waals surface area (Å²) in [4.78, 5) is 4.39. The van der Waals surface area contributed by atoms with Gasteiger partial charge in [-0.15, -0.1) is 0 Å². The Bertz CT molecular complexity index is 665. The van der Waals surface area contributed by atoms with Gasteiger partial charge in [-0.2, -0.15) is 0 Å². The molecule has 0 atom stereocenters. The van der Waals surface area contributed by atoms with Crippen LogP contribution in [0, 0.1) is 0 Å². The minimum absolute atomic E-state index is 0.154. The molecule has 0 saturated carbocycles. The van der Waals surface area contributed by atoms with E-state index in [1.165, 1.54) is 19.3 Å². The number of aliphatic imine (C=N–C) groups is 1. The van der Waals surface area contributed by atoms with Crippen molar-refractivity contribution in [3.8, 4) is 17.2 Å². The van der Waals surface area contributed by atoms with Crippen LogP contribution in [0.1, 0.15) is 45.1 Å². The van der Waals surface area contributed by atoms with E-state index in [2.05, 4.69) is 11.9 Å². The Balaban J connectivity index is 1.89. The van der Waals surface area contributed by atoms with Gasteiger partial charge in [-0.1, -0.05) is 26.2 Å². The fourth-order valence-electron chi connectivity index (χ4n) is 2.38. The van der Waals surface area contributed by atoms with E-state index >= 15 is 0 Å². The zero-order chi connectivity index (χ0) is 17.9. The number of phenolic OH excluding ortho intramolecular Hbond substituents is 1. The van der Waals surface area contributed by atoms with E-state index in [0.717, 1.165) is 24.5 Å². The predicted octanol–water partition coefficient (Wildman–Crippen LogP) is 5.50. The van der Waals surface area contributed by atoms with Crippen LogP contribution >= 0.6 is 0 Å². The molecule has 4 heteroatoms. The van der Waals surface area contributed by atoms with Crippen molar-refractivity contribution in [1.29, 1.82) is 0 Å². The fraction of sp³-hybridized carbons (Fsp3) is 0.381. The van der Waals surface area contributed by atoms with Crippen molar-refractivity contribution >= 4 is 11.9 Å². The lowest BCUT2D eigenvalue weighted by atomic mass is 10.2. The van der Waals surface area contributed by atoms with Crippen molar-refractivity contribution in [3.05, 3.63) is 48.0 Å². The molecule has 0 saturated heterocycles. The maximum Gasteiger partial charge on any atom is 0.128 e. The molecule has 0 bridgehead atoms. The molecule has 2 rings (SSSR count). The zero-order valence-corrected chi connectivity index (χ0v) is 15.1. The van der Waals surface area contributed by atoms with Gasteiger partial charge in [0, 0.05) is 17.8 Å². The van der Waals surface area contributed by atoms with Gasteiger partial charge in [-0.3, -0.25) is 4.99 Å². The van der Waals surface area contributed by atoms with Crippen molar-refractivity contribution in [1.82, 2.24) is 0 Å². The number of phenols is 1. The molecule has 0 unspecified atom stereocenters. The van der Waals surface area contributed by atoms with Gasteiger partial charge in [0.15, 0.2) is 0 Å². The Morgan fingerprint density at radius 3 is 2.36 bits per heavy atom. The van der Waals surface area contributed by atoms with E-state index in [-0.39, 0.29) is 5.75 Å². The van der Waals surface area contributed by atoms with E-state index in [1.54, 1.807) is 18.3 Å². The highest BCUT2D eigenvalue weighted by atomic mass is 16.5. The average molecular weight is 341 g/mol. The minimum atomic E-state index is 0.154. The number of nitrogens with zero attached hydrogens (tertiary/aromatic N) is 1. The number of ether oxygens (including phenoxy) is 2. The van der Waals surface area contributed by atoms with Gasteiger partial charge in [0.25, 0.3) is 0 Å². The highest BCUT2D eigenvalue weighted by molar-refractivity contribution is 5.85. The van der Waals surface area contributed by atoms with Gasteiger partial charge in [-0.05, 0) is 49.7 Å². The molecule has 0 heterocycles. The summed E-state index contributed by atoms with van der Waals surface area (Å²) in [5.74, 6) is 1.67. The van der Waals surface area contributed by atoms with Crippen LogP contribution in [0.5, 0.6) is 17.2 Å². The third-order valence-corrected chi connectivity index (χ3v) is 3.77. The molecule has 0 aliphatic rings. The van der Waals surface area contributed by atoms with Crippen LogP contribution in [0.15, 0.2) is 47.5 Å². The summed E-state index contributed by atoms with van der Waals surface area (Å²) in [5.41, 5.74) is 1.46. The summed E-state index contributed by atoms with van der Waals surface area (Å²) in [6.07, 6.45) is 6.44. The first-order valence-corrected chi connectivity index (χ1v) is 8.95. The zero-order valence-electron chi connectivity index (χ0n) is 15.1. The van der Waals surface area contributed by atoms with Crippen LogP contribution in [0.2, 0.25) is 0 Å². The molecule has 0 aliphatic carbocycles. The molecule has 0 aliphatic heterocycles. The van der Waals surface area contributed by atoms with E-state index in [0.29, 0.717) is 17.9 Å². The number of hydrogen-bond acceptors (Lipinski definition) is 4. The lowest BCUT2D eigenvalue weighted by Crippen LogP contribution is -1.96. The second kappa shape index (κ2) is 10.4. The number of rotatable bonds is 10. The standard InChI is InChI=1S/C21H27NO3/c1-3-5-6-7-14-25-19-12-9-18(10-13-19)22-16-17-8-11-20(24-4-2)15-21(17)23/h8-13,15-16,23H,3-7,14H2,1-2H3. The summed E-state index contributed by atoms with van der Waals surface area (Å²) >= 11 is 0. The quantitative estimate of drug-likeness (QED) is 0.458. The van der Waals surface area contributed by atoms with Gasteiger partial charge in [0.05, 0.1) is 18.9 Å². The lowest BCUT2D eigenvalue weighted by Gasteiger charge is -2.06. The van der Waals surface area contributed by atoms with Crippen molar-refractivity contribution in [2.75, 3.05) is 13.2 Å². The molecule has 0 amide bonds. The number of unbranched alkanes of at least 4 members (excludes halogenated alkanes) is 3. The third kappa shape index (κ3) is 6.49. The second-order valence-electron chi connectivity index (χ2n) is 5.81. The SMILES string of the molecule is CCCCCCOc1ccc(N=Cc2ccc(OCC)cc2O)cc1. The largest absolute Gasteiger partial charge is 0.507 e. The molecular formula is C21H27NO3. The molecule has 134 valence electrons. The molecule has 2 aromatic carbocycles. The van der Waals surface area contributed by atoms with Gasteiger partial charge in [-0.25, -0.2) is 0 Å². The number of aromatic hydroxyl groups is 1. The Kier molecular flexibility index (Phi) is 7.83. The minimum Gasteiger partial charge on any atom is -0.507 e. The van der Waals surface area contributed by atoms with Gasteiger partial charge in [0.2, 0.25) is 0 Å². The molecular weight excluding hydrogens is 314 g/mol. The van der Waals surface area contributed by atoms with Crippen molar-refractivity contribution in [3.63, 3.8) is 0 Å². The summed E-state index contributed by atoms with van der Waals surface area (Å²) < 4.78 is 11.1. The molecule has 0 radical (unpaired) electrons. The summed E-state index contributed by atoms with van der Waals surface area (Å²) in [7, 11) is 0. The van der Waals surface area contributed by atoms with Crippen molar-refractivity contribution in [2.45, 2.75) is 39.5 Å². The second-order valence-corrected chi connectivity index (χ2v) is 5.81. The van der Waals surface area contributed by atoms with Crippen molar-refractivity contribution in [2.24, 2.45) is 4.99 Å². The normalized spacial score (nSPS) is 11.0. The van der Waals surface area contributed by atoms with Crippen LogP contribution in [0.3, 0.4) is 0 Å². The molecule has 1 N–H and O–H groups in total. The summed E-state index contributed by atoms with van der Waals surface area (Å²) in [5, 5.41) is 10.0. The van der Waals surface area contributed by atoms with Crippen LogP contribution in [-0.4, -0.2) is 24.5 Å². The lowest BCUT2D eigenvalue weighted by molar-refractivity contribution is 0.305. The molecule has 0 fully saturated rings. The first-order chi connectivity index (χ1) is 12.2. The topological polar surface area (TPSA) is 51.0 Å². The maximum absolute atomic E-state index is 10.0. The fourth-order valence-corrected chi connectivity index (χ4v) is 2.38. The molecule has 0 aromatic heterocycles. The summed E-state index contributed by atoms with van der Waals surface area (Å²) in [6, 6.07) is 12.9. The van der Waals surface area contributed by atoms with Gasteiger partial charge < -0.3 is 14.6 Å². The maximum atomic E-state index is 10.0. The Morgan fingerprint density at radius 1 is 0.920 bits per heavy atom. The molecule has 25 heavy (non-hydrogen) atoms. The van der Waals surface area contributed by atoms with Crippen LogP contribution in [0.25, 0.3) is 0 Å². The predicted molar refractivity (Wildman–Crippen MR) is 103 cm³/mol. The number of benzene rings is 2. The van der Waals surface area contributed by atoms with Crippen LogP contribution in [-0.2, 0) is 0 Å². The summed E-state index contributed by atoms with van der Waals surface area (Å²) in [6.45, 7) is 5.43. The van der Waals surface area contributed by atoms with E-state index in [4.69, 9.17) is 9.47 Å². The van der Waals surface area contributed by atoms with Gasteiger partial charge in [0.1, 0.15) is 17.2 Å². The monoisotopic (exact) mass is 341 g/mol. The Labute approximate surface area is 150 Å². The van der Waals surface area contributed by atoms with Crippen LogP contribution in [0.4, 0.5) is 5.69 Å². The van der Waals surface area contributed by atoms with E-state index in [1.807, 2.05) is 37.3 Å². The number of hydrogen-bond donors (Lipinski definition) is 1. The van der Waals surface area contributed by atoms with E-state index in [9.17, 15) is 5.11 Å². The molecule has 2 aromatic rings. The molecule has 0 spiro atoms. The Morgan fingerprint density at radius 2 is 1.68 bits per heavy atom. The molecule has 4 nitrogen and oxygen atoms in total. The van der Waals surface area contributed by atoms with E-state index < -0.39 is 0 Å². The average Bonchev–Trinajstić information content (AvgIpc) is 2.62. The Hall–Kier alpha value is -2.49. The third-order valence-electron chi connectivity index (χ3n) is 3.77. The highest BCUT2D eigenvalue weighted by Gasteiger charge is 2.01.